The maximum atomic E-state index is 12.5. The zero-order valence-electron chi connectivity index (χ0n) is 11.1. The Balaban J connectivity index is 2.05. The number of pyridine rings is 1. The highest BCUT2D eigenvalue weighted by molar-refractivity contribution is 5.83. The highest BCUT2D eigenvalue weighted by Gasteiger charge is 2.44. The van der Waals surface area contributed by atoms with Gasteiger partial charge in [-0.25, -0.2) is 0 Å². The van der Waals surface area contributed by atoms with Gasteiger partial charge in [-0.1, -0.05) is 6.42 Å². The van der Waals surface area contributed by atoms with E-state index < -0.39 is 0 Å². The third-order valence-electron chi connectivity index (χ3n) is 4.03. The van der Waals surface area contributed by atoms with Gasteiger partial charge in [0.1, 0.15) is 0 Å². The predicted molar refractivity (Wildman–Crippen MR) is 70.6 cm³/mol. The number of aromatic nitrogens is 1. The molecule has 0 bridgehead atoms. The second-order valence-electron chi connectivity index (χ2n) is 5.43. The molecule has 1 saturated carbocycles. The summed E-state index contributed by atoms with van der Waals surface area (Å²) in [6, 6.07) is 3.85. The van der Waals surface area contributed by atoms with E-state index in [1.165, 1.54) is 0 Å². The summed E-state index contributed by atoms with van der Waals surface area (Å²) in [6.07, 6.45) is 6.39. The van der Waals surface area contributed by atoms with Crippen molar-refractivity contribution in [3.63, 3.8) is 0 Å². The van der Waals surface area contributed by atoms with Crippen LogP contribution in [0, 0.1) is 5.41 Å². The van der Waals surface area contributed by atoms with Crippen molar-refractivity contribution >= 4 is 5.91 Å². The Bertz CT molecular complexity index is 420. The Kier molecular flexibility index (Phi) is 3.66. The SMILES string of the molecule is CN(Cc1ccncc1)C(=O)C1(C)CCCC1N. The largest absolute Gasteiger partial charge is 0.341 e. The van der Waals surface area contributed by atoms with E-state index in [0.717, 1.165) is 24.8 Å². The zero-order valence-corrected chi connectivity index (χ0v) is 11.1. The van der Waals surface area contributed by atoms with Crippen LogP contribution in [0.15, 0.2) is 24.5 Å². The summed E-state index contributed by atoms with van der Waals surface area (Å²) in [5.74, 6) is 0.157. The quantitative estimate of drug-likeness (QED) is 0.881. The molecular weight excluding hydrogens is 226 g/mol. The maximum Gasteiger partial charge on any atom is 0.230 e. The molecule has 0 saturated heterocycles. The maximum absolute atomic E-state index is 12.5. The average Bonchev–Trinajstić information content (AvgIpc) is 2.71. The van der Waals surface area contributed by atoms with Crippen molar-refractivity contribution < 1.29 is 4.79 Å². The normalized spacial score (nSPS) is 27.2. The fourth-order valence-corrected chi connectivity index (χ4v) is 2.73. The summed E-state index contributed by atoms with van der Waals surface area (Å²) in [4.78, 5) is 18.3. The van der Waals surface area contributed by atoms with E-state index in [1.807, 2.05) is 26.1 Å². The molecule has 2 N–H and O–H groups in total. The van der Waals surface area contributed by atoms with E-state index in [0.29, 0.717) is 6.54 Å². The van der Waals surface area contributed by atoms with Crippen molar-refractivity contribution in [3.05, 3.63) is 30.1 Å². The van der Waals surface area contributed by atoms with Crippen LogP contribution in [0.4, 0.5) is 0 Å². The van der Waals surface area contributed by atoms with E-state index in [9.17, 15) is 4.79 Å². The summed E-state index contributed by atoms with van der Waals surface area (Å²) in [7, 11) is 1.85. The van der Waals surface area contributed by atoms with Gasteiger partial charge in [0.05, 0.1) is 5.41 Å². The highest BCUT2D eigenvalue weighted by Crippen LogP contribution is 2.38. The number of rotatable bonds is 3. The van der Waals surface area contributed by atoms with Crippen molar-refractivity contribution in [2.24, 2.45) is 11.1 Å². The molecule has 2 atom stereocenters. The number of hydrogen-bond donors (Lipinski definition) is 1. The van der Waals surface area contributed by atoms with E-state index in [-0.39, 0.29) is 17.4 Å². The first-order chi connectivity index (χ1) is 8.54. The lowest BCUT2D eigenvalue weighted by Crippen LogP contribution is -2.47. The van der Waals surface area contributed by atoms with Crippen LogP contribution >= 0.6 is 0 Å². The van der Waals surface area contributed by atoms with E-state index in [2.05, 4.69) is 4.98 Å². The van der Waals surface area contributed by atoms with Gasteiger partial charge in [0, 0.05) is 32.0 Å². The van der Waals surface area contributed by atoms with Crippen LogP contribution < -0.4 is 5.73 Å². The Morgan fingerprint density at radius 1 is 1.56 bits per heavy atom. The Morgan fingerprint density at radius 2 is 2.22 bits per heavy atom. The minimum atomic E-state index is -0.387. The van der Waals surface area contributed by atoms with E-state index >= 15 is 0 Å². The van der Waals surface area contributed by atoms with Crippen molar-refractivity contribution in [3.8, 4) is 0 Å². The zero-order chi connectivity index (χ0) is 13.2. The Morgan fingerprint density at radius 3 is 2.78 bits per heavy atom. The molecule has 1 aromatic heterocycles. The average molecular weight is 247 g/mol. The van der Waals surface area contributed by atoms with Gasteiger partial charge in [-0.15, -0.1) is 0 Å². The molecule has 18 heavy (non-hydrogen) atoms. The molecule has 2 unspecified atom stereocenters. The summed E-state index contributed by atoms with van der Waals surface area (Å²) >= 11 is 0. The molecule has 0 aromatic carbocycles. The van der Waals surface area contributed by atoms with Crippen molar-refractivity contribution in [1.82, 2.24) is 9.88 Å². The van der Waals surface area contributed by atoms with Gasteiger partial charge in [0.2, 0.25) is 5.91 Å². The molecule has 0 radical (unpaired) electrons. The second kappa shape index (κ2) is 5.06. The minimum absolute atomic E-state index is 0.00936. The van der Waals surface area contributed by atoms with Crippen molar-refractivity contribution in [1.29, 1.82) is 0 Å². The van der Waals surface area contributed by atoms with Gasteiger partial charge in [-0.2, -0.15) is 0 Å². The van der Waals surface area contributed by atoms with Crippen molar-refractivity contribution in [2.75, 3.05) is 7.05 Å². The van der Waals surface area contributed by atoms with Crippen LogP contribution in [0.3, 0.4) is 0 Å². The van der Waals surface area contributed by atoms with Gasteiger partial charge in [-0.3, -0.25) is 9.78 Å². The van der Waals surface area contributed by atoms with Gasteiger partial charge >= 0.3 is 0 Å². The monoisotopic (exact) mass is 247 g/mol. The first kappa shape index (κ1) is 13.0. The van der Waals surface area contributed by atoms with Gasteiger partial charge in [0.25, 0.3) is 0 Å². The minimum Gasteiger partial charge on any atom is -0.341 e. The lowest BCUT2D eigenvalue weighted by atomic mass is 9.83. The molecule has 0 spiro atoms. The summed E-state index contributed by atoms with van der Waals surface area (Å²) in [5.41, 5.74) is 6.79. The van der Waals surface area contributed by atoms with Gasteiger partial charge in [0.15, 0.2) is 0 Å². The van der Waals surface area contributed by atoms with Crippen LogP contribution in [0.25, 0.3) is 0 Å². The molecule has 1 aromatic rings. The van der Waals surface area contributed by atoms with Gasteiger partial charge < -0.3 is 10.6 Å². The topological polar surface area (TPSA) is 59.2 Å². The van der Waals surface area contributed by atoms with Crippen LogP contribution in [-0.2, 0) is 11.3 Å². The summed E-state index contributed by atoms with van der Waals surface area (Å²) in [5, 5.41) is 0. The van der Waals surface area contributed by atoms with Crippen LogP contribution in [0.1, 0.15) is 31.7 Å². The van der Waals surface area contributed by atoms with Crippen LogP contribution in [0.5, 0.6) is 0 Å². The first-order valence-electron chi connectivity index (χ1n) is 6.44. The lowest BCUT2D eigenvalue weighted by Gasteiger charge is -2.32. The molecular formula is C14H21N3O. The molecule has 1 aliphatic rings. The number of nitrogens with two attached hydrogens (primary N) is 1. The van der Waals surface area contributed by atoms with Gasteiger partial charge in [-0.05, 0) is 37.5 Å². The molecule has 98 valence electrons. The predicted octanol–water partition coefficient (Wildman–Crippen LogP) is 1.56. The summed E-state index contributed by atoms with van der Waals surface area (Å²) in [6.45, 7) is 2.61. The third-order valence-corrected chi connectivity index (χ3v) is 4.03. The van der Waals surface area contributed by atoms with Crippen LogP contribution in [-0.4, -0.2) is 28.9 Å². The van der Waals surface area contributed by atoms with E-state index in [1.54, 1.807) is 17.3 Å². The fraction of sp³-hybridized carbons (Fsp3) is 0.571. The number of amides is 1. The van der Waals surface area contributed by atoms with Crippen molar-refractivity contribution in [2.45, 2.75) is 38.8 Å². The van der Waals surface area contributed by atoms with Crippen LogP contribution in [0.2, 0.25) is 0 Å². The molecule has 4 heteroatoms. The Labute approximate surface area is 108 Å². The first-order valence-corrected chi connectivity index (χ1v) is 6.44. The molecule has 1 aliphatic carbocycles. The highest BCUT2D eigenvalue weighted by atomic mass is 16.2. The molecule has 2 rings (SSSR count). The third kappa shape index (κ3) is 2.38. The Hall–Kier alpha value is -1.42. The number of nitrogens with zero attached hydrogens (tertiary/aromatic N) is 2. The molecule has 1 fully saturated rings. The molecule has 4 nitrogen and oxygen atoms in total. The number of hydrogen-bond acceptors (Lipinski definition) is 3. The fourth-order valence-electron chi connectivity index (χ4n) is 2.73. The van der Waals surface area contributed by atoms with E-state index in [4.69, 9.17) is 5.73 Å². The number of carbonyl (C=O) groups excluding carboxylic acids is 1. The smallest absolute Gasteiger partial charge is 0.230 e. The molecule has 1 amide bonds. The number of carbonyl (C=O) groups is 1. The standard InChI is InChI=1S/C14H21N3O/c1-14(7-3-4-12(14)15)13(18)17(2)10-11-5-8-16-9-6-11/h5-6,8-9,12H,3-4,7,10,15H2,1-2H3. The summed E-state index contributed by atoms with van der Waals surface area (Å²) < 4.78 is 0. The second-order valence-corrected chi connectivity index (χ2v) is 5.43. The molecule has 1 heterocycles. The lowest BCUT2D eigenvalue weighted by molar-refractivity contribution is -0.140. The molecule has 0 aliphatic heterocycles.